The van der Waals surface area contributed by atoms with Gasteiger partial charge in [0.05, 0.1) is 22.6 Å². The zero-order chi connectivity index (χ0) is 23.7. The fourth-order valence-corrected chi connectivity index (χ4v) is 6.32. The molecule has 0 aromatic heterocycles. The van der Waals surface area contributed by atoms with Gasteiger partial charge in [0.2, 0.25) is 0 Å². The van der Waals surface area contributed by atoms with Crippen LogP contribution in [0.5, 0.6) is 0 Å². The third-order valence-corrected chi connectivity index (χ3v) is 7.84. The lowest BCUT2D eigenvalue weighted by molar-refractivity contribution is 0.0988. The molecule has 0 bridgehead atoms. The molecule has 2 amide bonds. The minimum Gasteiger partial charge on any atom is -0.360 e. The average Bonchev–Trinajstić information content (AvgIpc) is 3.34. The van der Waals surface area contributed by atoms with E-state index in [0.717, 1.165) is 49.9 Å². The van der Waals surface area contributed by atoms with E-state index in [4.69, 9.17) is 4.99 Å². The molecular formula is C30H16N4O2. The third kappa shape index (κ3) is 1.99. The highest BCUT2D eigenvalue weighted by Crippen LogP contribution is 2.49. The number of hydrogen-bond acceptors (Lipinski definition) is 4. The molecule has 4 aliphatic heterocycles. The molecule has 4 heterocycles. The summed E-state index contributed by atoms with van der Waals surface area (Å²) in [6.07, 6.45) is -0.369. The highest BCUT2D eigenvalue weighted by Gasteiger charge is 2.46. The van der Waals surface area contributed by atoms with Gasteiger partial charge in [0.15, 0.2) is 0 Å². The predicted octanol–water partition coefficient (Wildman–Crippen LogP) is 6.13. The van der Waals surface area contributed by atoms with Crippen molar-refractivity contribution in [2.45, 2.75) is 6.17 Å². The Morgan fingerprint density at radius 1 is 0.694 bits per heavy atom. The van der Waals surface area contributed by atoms with Crippen LogP contribution in [0.3, 0.4) is 0 Å². The van der Waals surface area contributed by atoms with Crippen molar-refractivity contribution in [1.29, 1.82) is 0 Å². The maximum Gasteiger partial charge on any atom is 0.264 e. The molecule has 0 saturated carbocycles. The highest BCUT2D eigenvalue weighted by atomic mass is 16.2. The van der Waals surface area contributed by atoms with Crippen molar-refractivity contribution in [2.24, 2.45) is 4.99 Å². The number of carbonyl (C=O) groups excluding carboxylic acids is 2. The van der Waals surface area contributed by atoms with Gasteiger partial charge in [0, 0.05) is 33.2 Å². The second kappa shape index (κ2) is 5.98. The van der Waals surface area contributed by atoms with Crippen molar-refractivity contribution in [3.8, 4) is 0 Å². The zero-order valence-electron chi connectivity index (χ0n) is 18.8. The number of hydrogen-bond donors (Lipinski definition) is 1. The predicted molar refractivity (Wildman–Crippen MR) is 141 cm³/mol. The number of aliphatic imine (C=N–C) groups is 1. The van der Waals surface area contributed by atoms with Gasteiger partial charge in [-0.15, -0.1) is 0 Å². The number of carbonyl (C=O) groups is 2. The number of fused-ring (bicyclic) bond motifs is 8. The van der Waals surface area contributed by atoms with Crippen molar-refractivity contribution in [2.75, 3.05) is 15.1 Å². The van der Waals surface area contributed by atoms with Gasteiger partial charge in [-0.1, -0.05) is 48.5 Å². The highest BCUT2D eigenvalue weighted by molar-refractivity contribution is 6.40. The van der Waals surface area contributed by atoms with E-state index in [0.29, 0.717) is 22.5 Å². The minimum absolute atomic E-state index is 0.0721. The van der Waals surface area contributed by atoms with E-state index in [9.17, 15) is 9.59 Å². The van der Waals surface area contributed by atoms with Gasteiger partial charge in [-0.25, -0.2) is 4.99 Å². The number of benzene rings is 5. The lowest BCUT2D eigenvalue weighted by atomic mass is 9.98. The van der Waals surface area contributed by atoms with Crippen LogP contribution >= 0.6 is 0 Å². The summed E-state index contributed by atoms with van der Waals surface area (Å²) >= 11 is 0. The van der Waals surface area contributed by atoms with Gasteiger partial charge in [-0.3, -0.25) is 19.4 Å². The number of rotatable bonds is 0. The molecule has 0 radical (unpaired) electrons. The van der Waals surface area contributed by atoms with Gasteiger partial charge in [-0.05, 0) is 47.2 Å². The number of anilines is 3. The number of nitrogens with one attached hydrogen (secondary N) is 1. The third-order valence-electron chi connectivity index (χ3n) is 7.84. The molecule has 168 valence electrons. The Morgan fingerprint density at radius 2 is 1.42 bits per heavy atom. The standard InChI is InChI=1S/C30H16N4O2/c35-29-19-14-18-20(30(36)34-24-12-4-8-16-6-2-10-22(26(16)24)32-28(18)34)13-17(19)27-31-21-9-1-5-15-7-3-11-23(25(15)21)33(27)29/h1-14,27,31H. The van der Waals surface area contributed by atoms with Crippen LogP contribution in [0.15, 0.2) is 89.9 Å². The first-order valence-corrected chi connectivity index (χ1v) is 11.9. The van der Waals surface area contributed by atoms with Gasteiger partial charge in [0.25, 0.3) is 11.8 Å². The monoisotopic (exact) mass is 464 g/mol. The quantitative estimate of drug-likeness (QED) is 0.300. The Kier molecular flexibility index (Phi) is 3.05. The number of amides is 2. The molecule has 5 aromatic rings. The van der Waals surface area contributed by atoms with Crippen LogP contribution in [-0.2, 0) is 0 Å². The number of nitrogens with zero attached hydrogens (tertiary/aromatic N) is 3. The first-order chi connectivity index (χ1) is 17.7. The molecule has 1 unspecified atom stereocenters. The summed E-state index contributed by atoms with van der Waals surface area (Å²) in [6.45, 7) is 0. The number of amidine groups is 1. The molecule has 0 spiro atoms. The molecule has 5 aromatic carbocycles. The summed E-state index contributed by atoms with van der Waals surface area (Å²) in [7, 11) is 0. The Bertz CT molecular complexity index is 1930. The Hall–Kier alpha value is -4.97. The maximum atomic E-state index is 13.8. The van der Waals surface area contributed by atoms with Crippen LogP contribution in [0.2, 0.25) is 0 Å². The normalized spacial score (nSPS) is 18.1. The van der Waals surface area contributed by atoms with Crippen molar-refractivity contribution < 1.29 is 9.59 Å². The van der Waals surface area contributed by atoms with Crippen LogP contribution in [0.25, 0.3) is 21.5 Å². The Morgan fingerprint density at radius 3 is 2.25 bits per heavy atom. The zero-order valence-corrected chi connectivity index (χ0v) is 18.8. The molecule has 0 saturated heterocycles. The fraction of sp³-hybridized carbons (Fsp3) is 0.0333. The summed E-state index contributed by atoms with van der Waals surface area (Å²) < 4.78 is 0. The topological polar surface area (TPSA) is 65.0 Å². The van der Waals surface area contributed by atoms with Gasteiger partial charge < -0.3 is 5.32 Å². The minimum atomic E-state index is -0.369. The van der Waals surface area contributed by atoms with E-state index in [-0.39, 0.29) is 18.0 Å². The summed E-state index contributed by atoms with van der Waals surface area (Å²) in [4.78, 5) is 36.0. The smallest absolute Gasteiger partial charge is 0.264 e. The van der Waals surface area contributed by atoms with Crippen LogP contribution in [0.1, 0.15) is 38.0 Å². The first-order valence-electron chi connectivity index (χ1n) is 11.9. The molecule has 0 fully saturated rings. The summed E-state index contributed by atoms with van der Waals surface area (Å²) in [5, 5.41) is 7.69. The largest absolute Gasteiger partial charge is 0.360 e. The van der Waals surface area contributed by atoms with Crippen LogP contribution in [-0.4, -0.2) is 17.6 Å². The van der Waals surface area contributed by atoms with Crippen molar-refractivity contribution in [1.82, 2.24) is 0 Å². The van der Waals surface area contributed by atoms with E-state index in [1.807, 2.05) is 77.7 Å². The van der Waals surface area contributed by atoms with E-state index < -0.39 is 0 Å². The molecule has 0 aliphatic carbocycles. The van der Waals surface area contributed by atoms with E-state index >= 15 is 0 Å². The fourth-order valence-electron chi connectivity index (χ4n) is 6.32. The molecule has 4 aliphatic rings. The molecule has 36 heavy (non-hydrogen) atoms. The molecule has 6 nitrogen and oxygen atoms in total. The molecule has 6 heteroatoms. The second-order valence-electron chi connectivity index (χ2n) is 9.62. The van der Waals surface area contributed by atoms with Gasteiger partial charge in [0.1, 0.15) is 12.0 Å². The second-order valence-corrected chi connectivity index (χ2v) is 9.62. The molecular weight excluding hydrogens is 448 g/mol. The van der Waals surface area contributed by atoms with E-state index in [2.05, 4.69) is 17.4 Å². The van der Waals surface area contributed by atoms with Crippen LogP contribution in [0, 0.1) is 0 Å². The van der Waals surface area contributed by atoms with Crippen LogP contribution < -0.4 is 15.1 Å². The van der Waals surface area contributed by atoms with Gasteiger partial charge >= 0.3 is 0 Å². The Balaban J connectivity index is 1.26. The first kappa shape index (κ1) is 18.4. The van der Waals surface area contributed by atoms with Crippen LogP contribution in [0.4, 0.5) is 22.7 Å². The van der Waals surface area contributed by atoms with Crippen molar-refractivity contribution in [3.63, 3.8) is 0 Å². The van der Waals surface area contributed by atoms with E-state index in [1.54, 1.807) is 4.90 Å². The van der Waals surface area contributed by atoms with Crippen molar-refractivity contribution in [3.05, 3.63) is 107 Å². The summed E-state index contributed by atoms with van der Waals surface area (Å²) in [6, 6.07) is 27.8. The average molecular weight is 464 g/mol. The lowest BCUT2D eigenvalue weighted by Gasteiger charge is -2.33. The lowest BCUT2D eigenvalue weighted by Crippen LogP contribution is -2.35. The Labute approximate surface area is 205 Å². The summed E-state index contributed by atoms with van der Waals surface area (Å²) in [5.41, 5.74) is 6.24. The molecule has 1 N–H and O–H groups in total. The maximum absolute atomic E-state index is 13.8. The van der Waals surface area contributed by atoms with E-state index in [1.165, 1.54) is 0 Å². The van der Waals surface area contributed by atoms with Gasteiger partial charge in [-0.2, -0.15) is 0 Å². The summed E-state index contributed by atoms with van der Waals surface area (Å²) in [5.74, 6) is 0.398. The SMILES string of the molecule is O=C1c2cc3c(cc2C2=Nc4cccc5cccc(c45)N12)C(=O)N1c2cccc4cccc(c24)NC31. The molecule has 9 rings (SSSR count). The molecule has 1 atom stereocenters. The van der Waals surface area contributed by atoms with Crippen molar-refractivity contribution >= 4 is 61.9 Å².